The quantitative estimate of drug-likeness (QED) is 0.103. The van der Waals surface area contributed by atoms with E-state index in [0.29, 0.717) is 0 Å². The van der Waals surface area contributed by atoms with Gasteiger partial charge in [0.2, 0.25) is 12.2 Å². The van der Waals surface area contributed by atoms with E-state index in [1.807, 2.05) is 30.3 Å². The first-order valence-corrected chi connectivity index (χ1v) is 10.6. The monoisotopic (exact) mass is 522 g/mol. The summed E-state index contributed by atoms with van der Waals surface area (Å²) in [7, 11) is 0. The number of nitrogens with one attached hydrogen (secondary N) is 1. The molecule has 0 aliphatic carbocycles. The number of hydrogen-bond acceptors (Lipinski definition) is 9. The molecule has 1 aliphatic rings. The van der Waals surface area contributed by atoms with Crippen molar-refractivity contribution < 1.29 is 33.3 Å². The highest BCUT2D eigenvalue weighted by atomic mass is 35.6. The molecular formula is C19H21Cl3N4O7. The zero-order valence-electron chi connectivity index (χ0n) is 17.5. The van der Waals surface area contributed by atoms with Gasteiger partial charge in [0.15, 0.2) is 12.2 Å². The maximum absolute atomic E-state index is 11.8. The molecule has 14 heteroatoms. The molecule has 1 heterocycles. The lowest BCUT2D eigenvalue weighted by molar-refractivity contribution is -0.258. The van der Waals surface area contributed by atoms with Crippen LogP contribution in [0.1, 0.15) is 19.4 Å². The highest BCUT2D eigenvalue weighted by Crippen LogP contribution is 2.33. The van der Waals surface area contributed by atoms with Gasteiger partial charge in [0.05, 0.1) is 13.2 Å². The Kier molecular flexibility index (Phi) is 10.0. The predicted octanol–water partition coefficient (Wildman–Crippen LogP) is 3.83. The van der Waals surface area contributed by atoms with E-state index in [1.54, 1.807) is 0 Å². The van der Waals surface area contributed by atoms with Gasteiger partial charge in [-0.2, -0.15) is 0 Å². The second-order valence-electron chi connectivity index (χ2n) is 6.83. The summed E-state index contributed by atoms with van der Waals surface area (Å²) < 4.78 is 25.1. The minimum absolute atomic E-state index is 0.144. The Morgan fingerprint density at radius 1 is 1.12 bits per heavy atom. The SMILES string of the molecule is CC(=O)O[C@@H]1[C@@H](N=[N+]=[N-])[C@@H](OC(=N)C(Cl)(Cl)Cl)O[C@H](COCc2ccccc2)[C@@H]1OC(C)=O. The maximum atomic E-state index is 11.8. The molecule has 1 aliphatic heterocycles. The zero-order valence-corrected chi connectivity index (χ0v) is 19.8. The predicted molar refractivity (Wildman–Crippen MR) is 118 cm³/mol. The molecule has 1 aromatic rings. The molecule has 0 aromatic heterocycles. The van der Waals surface area contributed by atoms with Crippen LogP contribution in [0.4, 0.5) is 0 Å². The Morgan fingerprint density at radius 2 is 1.73 bits per heavy atom. The van der Waals surface area contributed by atoms with E-state index < -0.39 is 52.3 Å². The lowest BCUT2D eigenvalue weighted by Crippen LogP contribution is -2.61. The van der Waals surface area contributed by atoms with E-state index >= 15 is 0 Å². The molecule has 1 saturated heterocycles. The number of nitrogens with zero attached hydrogens (tertiary/aromatic N) is 3. The molecule has 0 saturated carbocycles. The maximum Gasteiger partial charge on any atom is 0.303 e. The number of azide groups is 1. The smallest absolute Gasteiger partial charge is 0.303 e. The number of hydrogen-bond donors (Lipinski definition) is 1. The number of ether oxygens (including phenoxy) is 5. The van der Waals surface area contributed by atoms with Gasteiger partial charge < -0.3 is 23.7 Å². The largest absolute Gasteiger partial charge is 0.458 e. The van der Waals surface area contributed by atoms with Gasteiger partial charge >= 0.3 is 11.9 Å². The Hall–Kier alpha value is -2.27. The van der Waals surface area contributed by atoms with Crippen molar-refractivity contribution in [1.29, 1.82) is 5.41 Å². The van der Waals surface area contributed by atoms with E-state index in [-0.39, 0.29) is 13.2 Å². The van der Waals surface area contributed by atoms with E-state index in [0.717, 1.165) is 19.4 Å². The standard InChI is InChI=1S/C19H21Cl3N4O7/c1-10(27)30-15-13(9-29-8-12-6-4-3-5-7-12)32-17(33-18(23)19(20,21)22)14(25-26-24)16(15)31-11(2)28/h3-7,13-17,23H,8-9H2,1-2H3/t13-,14-,15+,16-,17-/m1/s1. The number of carbonyl (C=O) groups excluding carboxylic acids is 2. The fraction of sp³-hybridized carbons (Fsp3) is 0.526. The van der Waals surface area contributed by atoms with Crippen molar-refractivity contribution >= 4 is 52.6 Å². The van der Waals surface area contributed by atoms with Crippen LogP contribution in [-0.4, -0.2) is 58.9 Å². The first-order chi connectivity index (χ1) is 15.5. The minimum atomic E-state index is -2.24. The van der Waals surface area contributed by atoms with Crippen molar-refractivity contribution in [1.82, 2.24) is 0 Å². The molecule has 2 rings (SSSR count). The number of esters is 2. The highest BCUT2D eigenvalue weighted by molar-refractivity contribution is 6.76. The molecule has 1 N–H and O–H groups in total. The summed E-state index contributed by atoms with van der Waals surface area (Å²) >= 11 is 17.0. The van der Waals surface area contributed by atoms with Gasteiger partial charge in [-0.3, -0.25) is 15.0 Å². The number of benzene rings is 1. The van der Waals surface area contributed by atoms with Crippen molar-refractivity contribution in [2.45, 2.75) is 54.9 Å². The van der Waals surface area contributed by atoms with Gasteiger partial charge in [0.25, 0.3) is 3.79 Å². The van der Waals surface area contributed by atoms with Crippen molar-refractivity contribution in [3.05, 3.63) is 46.3 Å². The van der Waals surface area contributed by atoms with Gasteiger partial charge in [-0.15, -0.1) is 0 Å². The van der Waals surface area contributed by atoms with E-state index in [2.05, 4.69) is 10.0 Å². The van der Waals surface area contributed by atoms with Gasteiger partial charge in [0.1, 0.15) is 12.1 Å². The van der Waals surface area contributed by atoms with Crippen molar-refractivity contribution in [2.75, 3.05) is 6.61 Å². The molecule has 0 radical (unpaired) electrons. The zero-order chi connectivity index (χ0) is 24.6. The fourth-order valence-corrected chi connectivity index (χ4v) is 3.15. The van der Waals surface area contributed by atoms with Crippen LogP contribution in [0.25, 0.3) is 10.4 Å². The van der Waals surface area contributed by atoms with E-state index in [1.165, 1.54) is 0 Å². The Balaban J connectivity index is 2.33. The van der Waals surface area contributed by atoms with Gasteiger partial charge in [-0.05, 0) is 11.1 Å². The third-order valence-corrected chi connectivity index (χ3v) is 4.80. The summed E-state index contributed by atoms with van der Waals surface area (Å²) in [4.78, 5) is 26.2. The van der Waals surface area contributed by atoms with Crippen LogP contribution in [0.5, 0.6) is 0 Å². The molecule has 0 amide bonds. The van der Waals surface area contributed by atoms with Gasteiger partial charge in [0, 0.05) is 18.8 Å². The number of carbonyl (C=O) groups is 2. The molecule has 33 heavy (non-hydrogen) atoms. The van der Waals surface area contributed by atoms with Gasteiger partial charge in [-0.1, -0.05) is 70.2 Å². The summed E-state index contributed by atoms with van der Waals surface area (Å²) in [6.45, 7) is 2.32. The second-order valence-corrected chi connectivity index (χ2v) is 9.11. The normalized spacial score (nSPS) is 24.8. The minimum Gasteiger partial charge on any atom is -0.458 e. The van der Waals surface area contributed by atoms with Crippen LogP contribution >= 0.6 is 34.8 Å². The topological polar surface area (TPSA) is 153 Å². The lowest BCUT2D eigenvalue weighted by Gasteiger charge is -2.43. The molecule has 5 atom stereocenters. The first-order valence-electron chi connectivity index (χ1n) is 9.51. The van der Waals surface area contributed by atoms with Crippen LogP contribution in [0.2, 0.25) is 0 Å². The molecular weight excluding hydrogens is 503 g/mol. The average Bonchev–Trinajstić information content (AvgIpc) is 2.72. The molecule has 180 valence electrons. The summed E-state index contributed by atoms with van der Waals surface area (Å²) in [6, 6.07) is 7.83. The van der Waals surface area contributed by atoms with Crippen molar-refractivity contribution in [3.63, 3.8) is 0 Å². The number of halogens is 3. The average molecular weight is 524 g/mol. The lowest BCUT2D eigenvalue weighted by atomic mass is 9.97. The van der Waals surface area contributed by atoms with Crippen LogP contribution in [-0.2, 0) is 39.9 Å². The first kappa shape index (κ1) is 27.0. The summed E-state index contributed by atoms with van der Waals surface area (Å²) in [5.74, 6) is -2.29. The Labute approximate surface area is 204 Å². The van der Waals surface area contributed by atoms with Crippen LogP contribution in [0.3, 0.4) is 0 Å². The molecule has 0 spiro atoms. The van der Waals surface area contributed by atoms with Gasteiger partial charge in [-0.25, -0.2) is 0 Å². The number of alkyl halides is 3. The Bertz CT molecular complexity index is 893. The fourth-order valence-electron chi connectivity index (χ4n) is 3.02. The summed E-state index contributed by atoms with van der Waals surface area (Å²) in [6.07, 6.45) is -5.14. The third-order valence-electron chi connectivity index (χ3n) is 4.29. The summed E-state index contributed by atoms with van der Waals surface area (Å²) in [5.41, 5.74) is 9.89. The Morgan fingerprint density at radius 3 is 2.27 bits per heavy atom. The molecule has 0 bridgehead atoms. The summed E-state index contributed by atoms with van der Waals surface area (Å²) in [5, 5.41) is 11.4. The highest BCUT2D eigenvalue weighted by Gasteiger charge is 2.52. The van der Waals surface area contributed by atoms with Crippen LogP contribution in [0.15, 0.2) is 35.4 Å². The van der Waals surface area contributed by atoms with Crippen LogP contribution < -0.4 is 0 Å². The third kappa shape index (κ3) is 8.22. The van der Waals surface area contributed by atoms with Crippen molar-refractivity contribution in [3.8, 4) is 0 Å². The van der Waals surface area contributed by atoms with E-state index in [9.17, 15) is 9.59 Å². The van der Waals surface area contributed by atoms with E-state index in [4.69, 9.17) is 69.4 Å². The van der Waals surface area contributed by atoms with Crippen LogP contribution in [0, 0.1) is 5.41 Å². The molecule has 11 nitrogen and oxygen atoms in total. The second kappa shape index (κ2) is 12.3. The molecule has 1 aromatic carbocycles. The van der Waals surface area contributed by atoms with Crippen molar-refractivity contribution in [2.24, 2.45) is 5.11 Å². The molecule has 1 fully saturated rings. The molecule has 0 unspecified atom stereocenters. The number of rotatable bonds is 8.